The molecule has 1 saturated heterocycles. The quantitative estimate of drug-likeness (QED) is 0.476. The highest BCUT2D eigenvalue weighted by atomic mass is 32.2. The highest BCUT2D eigenvalue weighted by molar-refractivity contribution is 7.89. The molecular weight excluding hydrogens is 526 g/mol. The molecule has 2 heterocycles. The molecule has 1 aromatic heterocycles. The summed E-state index contributed by atoms with van der Waals surface area (Å²) < 4.78 is 106. The molecule has 14 heteroatoms. The molecule has 1 fully saturated rings. The Bertz CT molecular complexity index is 1400. The van der Waals surface area contributed by atoms with Crippen LogP contribution in [0.4, 0.5) is 26.3 Å². The first kappa shape index (κ1) is 26.5. The number of amides is 1. The predicted octanol–water partition coefficient (Wildman–Crippen LogP) is 3.86. The summed E-state index contributed by atoms with van der Waals surface area (Å²) in [5.74, 6) is -2.28. The lowest BCUT2D eigenvalue weighted by atomic mass is 10.1. The van der Waals surface area contributed by atoms with E-state index in [0.717, 1.165) is 42.6 Å². The number of carbonyl (C=O) groups excluding carboxylic acids is 1. The Hall–Kier alpha value is -3.52. The van der Waals surface area contributed by atoms with Crippen LogP contribution in [0.1, 0.15) is 17.7 Å². The smallest absolute Gasteiger partial charge is 0.351 e. The largest absolute Gasteiger partial charge is 0.434 e. The molecule has 0 radical (unpaired) electrons. The Morgan fingerprint density at radius 2 is 1.73 bits per heavy atom. The normalized spacial score (nSPS) is 18.6. The zero-order valence-corrected chi connectivity index (χ0v) is 19.5. The third-order valence-corrected chi connectivity index (χ3v) is 7.48. The minimum absolute atomic E-state index is 0.0484. The summed E-state index contributed by atoms with van der Waals surface area (Å²) in [6.45, 7) is -0.871. The van der Waals surface area contributed by atoms with Crippen molar-refractivity contribution >= 4 is 15.9 Å². The van der Waals surface area contributed by atoms with Crippen LogP contribution in [0.2, 0.25) is 0 Å². The second kappa shape index (κ2) is 10.1. The summed E-state index contributed by atoms with van der Waals surface area (Å²) in [7, 11) is -4.32. The van der Waals surface area contributed by atoms with Crippen molar-refractivity contribution in [1.82, 2.24) is 19.6 Å². The van der Waals surface area contributed by atoms with Crippen molar-refractivity contribution in [2.24, 2.45) is 0 Å². The molecule has 0 bridgehead atoms. The van der Waals surface area contributed by atoms with E-state index in [1.165, 1.54) is 6.07 Å². The van der Waals surface area contributed by atoms with Gasteiger partial charge in [-0.15, -0.1) is 0 Å². The van der Waals surface area contributed by atoms with E-state index in [4.69, 9.17) is 0 Å². The number of aromatic nitrogens is 2. The van der Waals surface area contributed by atoms with Crippen LogP contribution >= 0.6 is 0 Å². The van der Waals surface area contributed by atoms with E-state index >= 15 is 0 Å². The van der Waals surface area contributed by atoms with Gasteiger partial charge in [0.1, 0.15) is 23.8 Å². The number of sulfonamides is 1. The minimum Gasteiger partial charge on any atom is -0.351 e. The highest BCUT2D eigenvalue weighted by Crippen LogP contribution is 2.29. The molecule has 2 aromatic carbocycles. The highest BCUT2D eigenvalue weighted by Gasteiger charge is 2.44. The fourth-order valence-electron chi connectivity index (χ4n) is 3.83. The van der Waals surface area contributed by atoms with Crippen LogP contribution in [-0.2, 0) is 27.5 Å². The van der Waals surface area contributed by atoms with E-state index in [0.29, 0.717) is 10.5 Å². The topological polar surface area (TPSA) is 92.3 Å². The van der Waals surface area contributed by atoms with Crippen LogP contribution in [0.5, 0.6) is 0 Å². The third-order valence-electron chi connectivity index (χ3n) is 5.59. The second-order valence-electron chi connectivity index (χ2n) is 8.23. The summed E-state index contributed by atoms with van der Waals surface area (Å²) >= 11 is 0. The molecule has 4 rings (SSSR count). The molecule has 0 spiro atoms. The average Bonchev–Trinajstić information content (AvgIpc) is 3.25. The predicted molar refractivity (Wildman–Crippen MR) is 118 cm³/mol. The van der Waals surface area contributed by atoms with Gasteiger partial charge in [0.05, 0.1) is 23.0 Å². The molecule has 0 aliphatic carbocycles. The Kier molecular flexibility index (Phi) is 7.24. The van der Waals surface area contributed by atoms with Gasteiger partial charge in [-0.25, -0.2) is 26.6 Å². The fraction of sp³-hybridized carbons (Fsp3) is 0.261. The van der Waals surface area contributed by atoms with E-state index in [9.17, 15) is 39.6 Å². The lowest BCUT2D eigenvalue weighted by Gasteiger charge is -2.23. The first-order valence-electron chi connectivity index (χ1n) is 10.7. The second-order valence-corrected chi connectivity index (χ2v) is 10.1. The maximum Gasteiger partial charge on any atom is 0.434 e. The van der Waals surface area contributed by atoms with Crippen LogP contribution in [0, 0.1) is 11.6 Å². The van der Waals surface area contributed by atoms with Crippen LogP contribution in [-0.4, -0.2) is 47.4 Å². The number of nitrogens with zero attached hydrogens (tertiary/aromatic N) is 3. The summed E-state index contributed by atoms with van der Waals surface area (Å²) in [4.78, 5) is 19.4. The number of rotatable bonds is 6. The average molecular weight is 544 g/mol. The molecule has 1 aliphatic rings. The van der Waals surface area contributed by atoms with Gasteiger partial charge >= 0.3 is 6.18 Å². The van der Waals surface area contributed by atoms with Gasteiger partial charge in [0.15, 0.2) is 5.69 Å². The lowest BCUT2D eigenvalue weighted by Crippen LogP contribution is -2.45. The standard InChI is InChI=1S/C23H18F6N4O3S/c24-15-1-3-18(4-2-15)37(35,36)33-12-17(26)8-20(33)22(34)32-9-13-5-14(7-16(25)6-13)19-10-31-21(11-30-19)23(27,28)29/h1-7,10-11,17,20H,8-9,12H2,(H,32,34)/t17-,20+/m1/s1. The Morgan fingerprint density at radius 1 is 1.03 bits per heavy atom. The number of benzene rings is 2. The third kappa shape index (κ3) is 5.91. The van der Waals surface area contributed by atoms with E-state index < -0.39 is 64.6 Å². The van der Waals surface area contributed by atoms with Gasteiger partial charge in [-0.1, -0.05) is 0 Å². The number of carbonyl (C=O) groups is 1. The first-order chi connectivity index (χ1) is 17.3. The summed E-state index contributed by atoms with van der Waals surface area (Å²) in [5.41, 5.74) is -0.987. The van der Waals surface area contributed by atoms with Gasteiger partial charge in [0.25, 0.3) is 0 Å². The number of alkyl halides is 4. The number of hydrogen-bond donors (Lipinski definition) is 1. The van der Waals surface area contributed by atoms with Crippen LogP contribution < -0.4 is 5.32 Å². The molecule has 2 atom stereocenters. The minimum atomic E-state index is -4.69. The number of hydrogen-bond acceptors (Lipinski definition) is 5. The molecule has 3 aromatic rings. The molecule has 1 aliphatic heterocycles. The fourth-order valence-corrected chi connectivity index (χ4v) is 5.46. The van der Waals surface area contributed by atoms with Gasteiger partial charge in [-0.2, -0.15) is 17.5 Å². The summed E-state index contributed by atoms with van der Waals surface area (Å²) in [6, 6.07) is 5.89. The van der Waals surface area contributed by atoms with Crippen LogP contribution in [0.3, 0.4) is 0 Å². The lowest BCUT2D eigenvalue weighted by molar-refractivity contribution is -0.141. The first-order valence-corrected chi connectivity index (χ1v) is 12.2. The van der Waals surface area contributed by atoms with Gasteiger partial charge < -0.3 is 5.32 Å². The van der Waals surface area contributed by atoms with Crippen molar-refractivity contribution in [3.05, 3.63) is 77.8 Å². The molecule has 37 heavy (non-hydrogen) atoms. The molecule has 0 unspecified atom stereocenters. The molecule has 196 valence electrons. The van der Waals surface area contributed by atoms with Gasteiger partial charge in [-0.3, -0.25) is 9.78 Å². The SMILES string of the molecule is O=C(NCc1cc(F)cc(-c2cnc(C(F)(F)F)cn2)c1)[C@@H]1C[C@@H](F)CN1S(=O)(=O)c1ccc(F)cc1. The van der Waals surface area contributed by atoms with Crippen molar-refractivity contribution in [1.29, 1.82) is 0 Å². The van der Waals surface area contributed by atoms with Crippen molar-refractivity contribution < 1.29 is 39.6 Å². The van der Waals surface area contributed by atoms with Crippen molar-refractivity contribution in [2.75, 3.05) is 6.54 Å². The Labute approximate surface area is 207 Å². The molecule has 1 amide bonds. The maximum absolute atomic E-state index is 14.2. The van der Waals surface area contributed by atoms with Crippen molar-refractivity contribution in [3.8, 4) is 11.3 Å². The Balaban J connectivity index is 1.50. The van der Waals surface area contributed by atoms with Gasteiger partial charge in [0, 0.05) is 25.1 Å². The van der Waals surface area contributed by atoms with E-state index in [2.05, 4.69) is 15.3 Å². The van der Waals surface area contributed by atoms with Crippen LogP contribution in [0.25, 0.3) is 11.3 Å². The molecule has 7 nitrogen and oxygen atoms in total. The van der Waals surface area contributed by atoms with E-state index in [-0.39, 0.29) is 28.3 Å². The number of nitrogens with one attached hydrogen (secondary N) is 1. The van der Waals surface area contributed by atoms with Gasteiger partial charge in [-0.05, 0) is 48.0 Å². The zero-order chi connectivity index (χ0) is 27.0. The van der Waals surface area contributed by atoms with E-state index in [1.807, 2.05) is 0 Å². The molecule has 0 saturated carbocycles. The van der Waals surface area contributed by atoms with Gasteiger partial charge in [0.2, 0.25) is 15.9 Å². The van der Waals surface area contributed by atoms with Crippen LogP contribution in [0.15, 0.2) is 59.8 Å². The zero-order valence-electron chi connectivity index (χ0n) is 18.7. The van der Waals surface area contributed by atoms with Crippen molar-refractivity contribution in [2.45, 2.75) is 36.3 Å². The monoisotopic (exact) mass is 544 g/mol. The summed E-state index contributed by atoms with van der Waals surface area (Å²) in [6.07, 6.45) is -5.39. The molecule has 1 N–H and O–H groups in total. The summed E-state index contributed by atoms with van der Waals surface area (Å²) in [5, 5.41) is 2.44. The number of halogens is 6. The molecular formula is C23H18F6N4O3S. The van der Waals surface area contributed by atoms with E-state index in [1.54, 1.807) is 0 Å². The maximum atomic E-state index is 14.2. The Morgan fingerprint density at radius 3 is 2.35 bits per heavy atom. The van der Waals surface area contributed by atoms with Crippen molar-refractivity contribution in [3.63, 3.8) is 0 Å².